The van der Waals surface area contributed by atoms with E-state index >= 15 is 0 Å². The van der Waals surface area contributed by atoms with Gasteiger partial charge in [0.2, 0.25) is 0 Å². The molecule has 0 spiro atoms. The summed E-state index contributed by atoms with van der Waals surface area (Å²) < 4.78 is 5.09. The number of aryl methyl sites for hydroxylation is 3. The van der Waals surface area contributed by atoms with Crippen molar-refractivity contribution < 1.29 is 9.32 Å². The second-order valence-electron chi connectivity index (χ2n) is 4.91. The van der Waals surface area contributed by atoms with E-state index in [0.717, 1.165) is 22.7 Å². The molecule has 7 heteroatoms. The topological polar surface area (TPSA) is 84.2 Å². The first-order valence-corrected chi connectivity index (χ1v) is 6.66. The molecule has 0 unspecified atom stereocenters. The van der Waals surface area contributed by atoms with Gasteiger partial charge in [-0.05, 0) is 26.8 Å². The Labute approximate surface area is 123 Å². The van der Waals surface area contributed by atoms with Crippen molar-refractivity contribution in [2.24, 2.45) is 0 Å². The molecule has 0 radical (unpaired) electrons. The fraction of sp³-hybridized carbons (Fsp3) is 0.429. The summed E-state index contributed by atoms with van der Waals surface area (Å²) in [5, 5.41) is 6.70. The number of nitrogens with one attached hydrogen (secondary N) is 1. The number of carbonyl (C=O) groups excluding carboxylic acids is 1. The van der Waals surface area contributed by atoms with Gasteiger partial charge in [-0.2, -0.15) is 0 Å². The highest BCUT2D eigenvalue weighted by molar-refractivity contribution is 5.73. The van der Waals surface area contributed by atoms with Gasteiger partial charge in [0, 0.05) is 18.8 Å². The summed E-state index contributed by atoms with van der Waals surface area (Å²) in [6.07, 6.45) is 1.68. The van der Waals surface area contributed by atoms with Gasteiger partial charge in [0.05, 0.1) is 24.5 Å². The Morgan fingerprint density at radius 1 is 1.38 bits per heavy atom. The van der Waals surface area contributed by atoms with Gasteiger partial charge in [-0.25, -0.2) is 14.8 Å². The number of urea groups is 1. The summed E-state index contributed by atoms with van der Waals surface area (Å²) in [5.74, 6) is 1.42. The number of amides is 2. The molecule has 2 heterocycles. The van der Waals surface area contributed by atoms with Gasteiger partial charge >= 0.3 is 6.03 Å². The average molecular weight is 289 g/mol. The van der Waals surface area contributed by atoms with E-state index in [0.29, 0.717) is 18.9 Å². The molecule has 0 saturated carbocycles. The standard InChI is InChI=1S/C14H19N5O2/c1-9-13(10(2)21-18-9)8-19(4)14(20)16-7-12-5-6-15-11(3)17-12/h5-6H,7-8H2,1-4H3,(H,16,20). The van der Waals surface area contributed by atoms with Crippen LogP contribution in [0.1, 0.15) is 28.5 Å². The van der Waals surface area contributed by atoms with Gasteiger partial charge in [0.15, 0.2) is 0 Å². The third-order valence-electron chi connectivity index (χ3n) is 3.18. The SMILES string of the molecule is Cc1nccc(CNC(=O)N(C)Cc2c(C)noc2C)n1. The first kappa shape index (κ1) is 15.0. The molecule has 0 fully saturated rings. The van der Waals surface area contributed by atoms with Crippen LogP contribution in [0.4, 0.5) is 4.79 Å². The zero-order valence-electron chi connectivity index (χ0n) is 12.7. The van der Waals surface area contributed by atoms with Crippen molar-refractivity contribution in [2.45, 2.75) is 33.9 Å². The van der Waals surface area contributed by atoms with Crippen LogP contribution in [0.3, 0.4) is 0 Å². The van der Waals surface area contributed by atoms with Gasteiger partial charge in [0.25, 0.3) is 0 Å². The fourth-order valence-corrected chi connectivity index (χ4v) is 1.94. The summed E-state index contributed by atoms with van der Waals surface area (Å²) in [4.78, 5) is 21.9. The van der Waals surface area contributed by atoms with Crippen molar-refractivity contribution >= 4 is 6.03 Å². The van der Waals surface area contributed by atoms with Crippen LogP contribution >= 0.6 is 0 Å². The molecular formula is C14H19N5O2. The number of hydrogen-bond donors (Lipinski definition) is 1. The first-order valence-electron chi connectivity index (χ1n) is 6.66. The van der Waals surface area contributed by atoms with Crippen LogP contribution in [-0.2, 0) is 13.1 Å². The number of carbonyl (C=O) groups is 1. The van der Waals surface area contributed by atoms with Gasteiger partial charge in [0.1, 0.15) is 11.6 Å². The molecule has 0 aliphatic rings. The van der Waals surface area contributed by atoms with Gasteiger partial charge in [-0.1, -0.05) is 5.16 Å². The zero-order chi connectivity index (χ0) is 15.4. The Hall–Kier alpha value is -2.44. The third-order valence-corrected chi connectivity index (χ3v) is 3.18. The lowest BCUT2D eigenvalue weighted by Gasteiger charge is -2.17. The van der Waals surface area contributed by atoms with Crippen molar-refractivity contribution in [3.8, 4) is 0 Å². The summed E-state index contributed by atoms with van der Waals surface area (Å²) in [6, 6.07) is 1.60. The highest BCUT2D eigenvalue weighted by atomic mass is 16.5. The largest absolute Gasteiger partial charge is 0.361 e. The molecule has 7 nitrogen and oxygen atoms in total. The smallest absolute Gasteiger partial charge is 0.317 e. The van der Waals surface area contributed by atoms with Gasteiger partial charge in [-0.15, -0.1) is 0 Å². The molecule has 0 aliphatic heterocycles. The maximum absolute atomic E-state index is 12.1. The molecule has 112 valence electrons. The lowest BCUT2D eigenvalue weighted by Crippen LogP contribution is -2.36. The van der Waals surface area contributed by atoms with Crippen molar-refractivity contribution in [2.75, 3.05) is 7.05 Å². The van der Waals surface area contributed by atoms with Crippen LogP contribution in [0.15, 0.2) is 16.8 Å². The number of hydrogen-bond acceptors (Lipinski definition) is 5. The quantitative estimate of drug-likeness (QED) is 0.926. The molecular weight excluding hydrogens is 270 g/mol. The van der Waals surface area contributed by atoms with E-state index in [1.54, 1.807) is 24.2 Å². The van der Waals surface area contributed by atoms with Crippen LogP contribution in [0, 0.1) is 20.8 Å². The van der Waals surface area contributed by atoms with E-state index in [1.165, 1.54) is 0 Å². The molecule has 0 saturated heterocycles. The molecule has 2 aromatic heterocycles. The normalized spacial score (nSPS) is 10.5. The maximum Gasteiger partial charge on any atom is 0.317 e. The molecule has 21 heavy (non-hydrogen) atoms. The van der Waals surface area contributed by atoms with Crippen LogP contribution in [0.25, 0.3) is 0 Å². The van der Waals surface area contributed by atoms with Crippen molar-refractivity contribution in [3.63, 3.8) is 0 Å². The number of nitrogens with zero attached hydrogens (tertiary/aromatic N) is 4. The summed E-state index contributed by atoms with van der Waals surface area (Å²) in [7, 11) is 1.73. The molecule has 0 atom stereocenters. The van der Waals surface area contributed by atoms with Crippen LogP contribution in [0.2, 0.25) is 0 Å². The minimum Gasteiger partial charge on any atom is -0.361 e. The van der Waals surface area contributed by atoms with Crippen LogP contribution in [0.5, 0.6) is 0 Å². The molecule has 2 aromatic rings. The molecule has 0 bridgehead atoms. The van der Waals surface area contributed by atoms with Crippen molar-refractivity contribution in [1.82, 2.24) is 25.3 Å². The predicted octanol–water partition coefficient (Wildman–Crippen LogP) is 1.73. The average Bonchev–Trinajstić information content (AvgIpc) is 2.76. The first-order chi connectivity index (χ1) is 9.97. The molecule has 1 N–H and O–H groups in total. The van der Waals surface area contributed by atoms with Crippen LogP contribution < -0.4 is 5.32 Å². The maximum atomic E-state index is 12.1. The molecule has 2 amide bonds. The van der Waals surface area contributed by atoms with E-state index in [2.05, 4.69) is 20.4 Å². The second kappa shape index (κ2) is 6.34. The zero-order valence-corrected chi connectivity index (χ0v) is 12.7. The highest BCUT2D eigenvalue weighted by Crippen LogP contribution is 2.14. The highest BCUT2D eigenvalue weighted by Gasteiger charge is 2.15. The Morgan fingerprint density at radius 2 is 2.14 bits per heavy atom. The molecule has 2 rings (SSSR count). The second-order valence-corrected chi connectivity index (χ2v) is 4.91. The lowest BCUT2D eigenvalue weighted by atomic mass is 10.2. The van der Waals surface area contributed by atoms with Gasteiger partial charge in [-0.3, -0.25) is 0 Å². The molecule has 0 aliphatic carbocycles. The predicted molar refractivity (Wildman–Crippen MR) is 76.4 cm³/mol. The summed E-state index contributed by atoms with van der Waals surface area (Å²) in [5.41, 5.74) is 2.52. The summed E-state index contributed by atoms with van der Waals surface area (Å²) in [6.45, 7) is 6.34. The Bertz CT molecular complexity index is 619. The minimum atomic E-state index is -0.175. The summed E-state index contributed by atoms with van der Waals surface area (Å²) >= 11 is 0. The van der Waals surface area contributed by atoms with Crippen molar-refractivity contribution in [3.05, 3.63) is 40.8 Å². The van der Waals surface area contributed by atoms with Crippen molar-refractivity contribution in [1.29, 1.82) is 0 Å². The Morgan fingerprint density at radius 3 is 2.76 bits per heavy atom. The lowest BCUT2D eigenvalue weighted by molar-refractivity contribution is 0.206. The van der Waals surface area contributed by atoms with E-state index < -0.39 is 0 Å². The minimum absolute atomic E-state index is 0.175. The molecule has 0 aromatic carbocycles. The van der Waals surface area contributed by atoms with E-state index in [4.69, 9.17) is 4.52 Å². The third kappa shape index (κ3) is 3.77. The Kier molecular flexibility index (Phi) is 4.52. The van der Waals surface area contributed by atoms with Gasteiger partial charge < -0.3 is 14.7 Å². The number of aromatic nitrogens is 3. The monoisotopic (exact) mass is 289 g/mol. The van der Waals surface area contributed by atoms with E-state index in [-0.39, 0.29) is 6.03 Å². The Balaban J connectivity index is 1.91. The number of rotatable bonds is 4. The van der Waals surface area contributed by atoms with E-state index in [1.807, 2.05) is 20.8 Å². The fourth-order valence-electron chi connectivity index (χ4n) is 1.94. The van der Waals surface area contributed by atoms with E-state index in [9.17, 15) is 4.79 Å². The van der Waals surface area contributed by atoms with Crippen LogP contribution in [-0.4, -0.2) is 33.1 Å².